The fourth-order valence-electron chi connectivity index (χ4n) is 1.04. The highest BCUT2D eigenvalue weighted by molar-refractivity contribution is 4.98. The molecule has 0 aliphatic carbocycles. The lowest BCUT2D eigenvalue weighted by molar-refractivity contribution is -0.291. The quantitative estimate of drug-likeness (QED) is 0.277. The van der Waals surface area contributed by atoms with Crippen molar-refractivity contribution in [2.75, 3.05) is 19.8 Å². The Hall–Kier alpha value is -0.560. The normalized spacial score (nSPS) is 9.73. The first-order chi connectivity index (χ1) is 7.41. The van der Waals surface area contributed by atoms with Crippen LogP contribution in [0.25, 0.3) is 0 Å². The first-order valence-electron chi connectivity index (χ1n) is 5.72. The van der Waals surface area contributed by atoms with Gasteiger partial charge in [0.25, 0.3) is 0 Å². The van der Waals surface area contributed by atoms with E-state index in [9.17, 15) is 0 Å². The lowest BCUT2D eigenvalue weighted by Gasteiger charge is -1.99. The van der Waals surface area contributed by atoms with E-state index in [-0.39, 0.29) is 6.61 Å². The van der Waals surface area contributed by atoms with Gasteiger partial charge in [-0.2, -0.15) is 0 Å². The van der Waals surface area contributed by atoms with E-state index in [1.165, 1.54) is 0 Å². The molecule has 0 spiro atoms. The van der Waals surface area contributed by atoms with Gasteiger partial charge in [-0.25, -0.2) is 9.78 Å². The van der Waals surface area contributed by atoms with Crippen LogP contribution in [-0.4, -0.2) is 24.9 Å². The van der Waals surface area contributed by atoms with Crippen molar-refractivity contribution in [3.05, 3.63) is 0 Å². The smallest absolute Gasteiger partial charge is 0.0822 e. The molecule has 0 unspecified atom stereocenters. The van der Waals surface area contributed by atoms with Gasteiger partial charge in [0, 0.05) is 19.4 Å². The van der Waals surface area contributed by atoms with Gasteiger partial charge in [-0.1, -0.05) is 6.42 Å². The highest BCUT2D eigenvalue weighted by Crippen LogP contribution is 1.99. The minimum atomic E-state index is 0.240. The molecule has 0 radical (unpaired) electrons. The Balaban J connectivity index is 2.99. The molecule has 0 aromatic carbocycles. The summed E-state index contributed by atoms with van der Waals surface area (Å²) >= 11 is 0. The minimum absolute atomic E-state index is 0.240. The molecule has 0 amide bonds. The molecule has 0 aliphatic rings. The highest BCUT2D eigenvalue weighted by Gasteiger charge is 1.89. The van der Waals surface area contributed by atoms with Gasteiger partial charge in [0.1, 0.15) is 0 Å². The molecule has 0 aromatic rings. The van der Waals surface area contributed by atoms with Crippen LogP contribution in [0.15, 0.2) is 0 Å². The minimum Gasteiger partial charge on any atom is -0.396 e. The van der Waals surface area contributed by atoms with E-state index in [1.807, 2.05) is 6.92 Å². The molecule has 3 nitrogen and oxygen atoms in total. The molecule has 3 heteroatoms. The van der Waals surface area contributed by atoms with E-state index in [0.717, 1.165) is 38.5 Å². The molecular formula is C12H22O3. The van der Waals surface area contributed by atoms with Crippen molar-refractivity contribution in [1.82, 2.24) is 0 Å². The zero-order chi connectivity index (χ0) is 11.2. The van der Waals surface area contributed by atoms with Crippen molar-refractivity contribution < 1.29 is 14.9 Å². The molecule has 1 N–H and O–H groups in total. The van der Waals surface area contributed by atoms with Crippen molar-refractivity contribution in [3.8, 4) is 11.8 Å². The Morgan fingerprint density at radius 1 is 0.933 bits per heavy atom. The molecule has 0 atom stereocenters. The molecule has 0 aromatic heterocycles. The molecule has 0 bridgehead atoms. The summed E-state index contributed by atoms with van der Waals surface area (Å²) in [5.41, 5.74) is 0. The molecule has 0 heterocycles. The van der Waals surface area contributed by atoms with Gasteiger partial charge in [-0.05, 0) is 26.2 Å². The second-order valence-corrected chi connectivity index (χ2v) is 3.22. The average Bonchev–Trinajstić information content (AvgIpc) is 2.26. The fraction of sp³-hybridized carbons (Fsp3) is 0.833. The molecule has 0 rings (SSSR count). The predicted molar refractivity (Wildman–Crippen MR) is 60.1 cm³/mol. The van der Waals surface area contributed by atoms with Crippen LogP contribution in [0.5, 0.6) is 0 Å². The number of aliphatic hydroxyl groups is 1. The third-order valence-electron chi connectivity index (χ3n) is 1.82. The summed E-state index contributed by atoms with van der Waals surface area (Å²) in [5, 5.41) is 8.52. The maximum absolute atomic E-state index is 8.52. The molecule has 0 aliphatic heterocycles. The van der Waals surface area contributed by atoms with Crippen molar-refractivity contribution in [2.24, 2.45) is 0 Å². The van der Waals surface area contributed by atoms with Crippen LogP contribution in [0.2, 0.25) is 0 Å². The van der Waals surface area contributed by atoms with Crippen LogP contribution in [0.1, 0.15) is 45.4 Å². The maximum atomic E-state index is 8.52. The Morgan fingerprint density at radius 2 is 1.67 bits per heavy atom. The van der Waals surface area contributed by atoms with Gasteiger partial charge in [0.15, 0.2) is 0 Å². The largest absolute Gasteiger partial charge is 0.396 e. The van der Waals surface area contributed by atoms with Crippen molar-refractivity contribution in [2.45, 2.75) is 45.4 Å². The highest BCUT2D eigenvalue weighted by atomic mass is 17.2. The van der Waals surface area contributed by atoms with Crippen molar-refractivity contribution in [1.29, 1.82) is 0 Å². The van der Waals surface area contributed by atoms with Gasteiger partial charge < -0.3 is 5.11 Å². The second-order valence-electron chi connectivity index (χ2n) is 3.22. The summed E-state index contributed by atoms with van der Waals surface area (Å²) in [5.74, 6) is 6.12. The monoisotopic (exact) mass is 214 g/mol. The first kappa shape index (κ1) is 14.4. The maximum Gasteiger partial charge on any atom is 0.0822 e. The van der Waals surface area contributed by atoms with Crippen LogP contribution in [-0.2, 0) is 9.78 Å². The van der Waals surface area contributed by atoms with Crippen molar-refractivity contribution >= 4 is 0 Å². The summed E-state index contributed by atoms with van der Waals surface area (Å²) in [6.07, 6.45) is 5.81. The van der Waals surface area contributed by atoms with Crippen LogP contribution >= 0.6 is 0 Å². The summed E-state index contributed by atoms with van der Waals surface area (Å²) < 4.78 is 0. The summed E-state index contributed by atoms with van der Waals surface area (Å²) in [6.45, 7) is 3.42. The first-order valence-corrected chi connectivity index (χ1v) is 5.72. The van der Waals surface area contributed by atoms with E-state index in [1.54, 1.807) is 0 Å². The number of unbranched alkanes of at least 4 members (excludes halogenated alkanes) is 4. The zero-order valence-corrected chi connectivity index (χ0v) is 9.63. The number of rotatable bonds is 9. The van der Waals surface area contributed by atoms with E-state index in [2.05, 4.69) is 11.8 Å². The third-order valence-corrected chi connectivity index (χ3v) is 1.82. The predicted octanol–water partition coefficient (Wildman–Crippen LogP) is 2.29. The lowest BCUT2D eigenvalue weighted by Crippen LogP contribution is -1.95. The SMILES string of the molecule is CCOOCCCCCC#CCCCO. The third kappa shape index (κ3) is 13.4. The van der Waals surface area contributed by atoms with Gasteiger partial charge in [-0.15, -0.1) is 11.8 Å². The summed E-state index contributed by atoms with van der Waals surface area (Å²) in [7, 11) is 0. The summed E-state index contributed by atoms with van der Waals surface area (Å²) in [6, 6.07) is 0. The van der Waals surface area contributed by atoms with E-state index in [0.29, 0.717) is 13.2 Å². The fourth-order valence-corrected chi connectivity index (χ4v) is 1.04. The average molecular weight is 214 g/mol. The molecule has 15 heavy (non-hydrogen) atoms. The molecule has 0 saturated carbocycles. The topological polar surface area (TPSA) is 38.7 Å². The van der Waals surface area contributed by atoms with Gasteiger partial charge in [0.05, 0.1) is 13.2 Å². The van der Waals surface area contributed by atoms with Gasteiger partial charge in [-0.3, -0.25) is 0 Å². The molecule has 0 fully saturated rings. The van der Waals surface area contributed by atoms with E-state index >= 15 is 0 Å². The zero-order valence-electron chi connectivity index (χ0n) is 9.63. The standard InChI is InChI=1S/C12H22O3/c1-2-14-15-12-10-8-6-4-3-5-7-9-11-13/h13H,2,4,6-12H2,1H3. The van der Waals surface area contributed by atoms with Crippen LogP contribution in [0.3, 0.4) is 0 Å². The number of hydrogen-bond acceptors (Lipinski definition) is 3. The Labute approximate surface area is 92.7 Å². The Bertz CT molecular complexity index is 169. The lowest BCUT2D eigenvalue weighted by atomic mass is 10.2. The number of hydrogen-bond donors (Lipinski definition) is 1. The second kappa shape index (κ2) is 13.4. The van der Waals surface area contributed by atoms with Crippen LogP contribution < -0.4 is 0 Å². The number of aliphatic hydroxyl groups excluding tert-OH is 1. The molecule has 88 valence electrons. The summed E-state index contributed by atoms with van der Waals surface area (Å²) in [4.78, 5) is 9.63. The van der Waals surface area contributed by atoms with E-state index < -0.39 is 0 Å². The van der Waals surface area contributed by atoms with E-state index in [4.69, 9.17) is 14.9 Å². The Kier molecular flexibility index (Phi) is 12.9. The van der Waals surface area contributed by atoms with Crippen LogP contribution in [0, 0.1) is 11.8 Å². The molecular weight excluding hydrogens is 192 g/mol. The van der Waals surface area contributed by atoms with Crippen molar-refractivity contribution in [3.63, 3.8) is 0 Å². The molecule has 0 saturated heterocycles. The van der Waals surface area contributed by atoms with Crippen LogP contribution in [0.4, 0.5) is 0 Å². The van der Waals surface area contributed by atoms with Gasteiger partial charge >= 0.3 is 0 Å². The Morgan fingerprint density at radius 3 is 2.33 bits per heavy atom. The van der Waals surface area contributed by atoms with Gasteiger partial charge in [0.2, 0.25) is 0 Å².